The number of aromatic nitrogens is 2. The van der Waals surface area contributed by atoms with Crippen LogP contribution in [-0.2, 0) is 13.0 Å². The van der Waals surface area contributed by atoms with Crippen molar-refractivity contribution in [3.63, 3.8) is 0 Å². The van der Waals surface area contributed by atoms with E-state index in [1.54, 1.807) is 0 Å². The van der Waals surface area contributed by atoms with Crippen molar-refractivity contribution in [1.29, 1.82) is 0 Å². The molecule has 1 aromatic heterocycles. The fourth-order valence-electron chi connectivity index (χ4n) is 3.10. The standard InChI is InChI=1S/C17H23N3/c1-3-13-10-16(20(4-2)19-13)17(18)15-11-14(15)12-8-6-5-7-9-12/h5-10,14-15,17H,3-4,11,18H2,1-2H3. The first-order chi connectivity index (χ1) is 9.74. The van der Waals surface area contributed by atoms with Gasteiger partial charge in [-0.1, -0.05) is 37.3 Å². The van der Waals surface area contributed by atoms with E-state index in [0.717, 1.165) is 18.7 Å². The molecule has 0 saturated heterocycles. The molecule has 0 bridgehead atoms. The number of hydrogen-bond donors (Lipinski definition) is 1. The predicted octanol–water partition coefficient (Wildman–Crippen LogP) is 3.27. The summed E-state index contributed by atoms with van der Waals surface area (Å²) in [5.74, 6) is 1.18. The summed E-state index contributed by atoms with van der Waals surface area (Å²) >= 11 is 0. The highest BCUT2D eigenvalue weighted by atomic mass is 15.3. The van der Waals surface area contributed by atoms with Gasteiger partial charge in [-0.25, -0.2) is 0 Å². The Morgan fingerprint density at radius 1 is 1.30 bits per heavy atom. The quantitative estimate of drug-likeness (QED) is 0.905. The van der Waals surface area contributed by atoms with E-state index >= 15 is 0 Å². The normalized spacial score (nSPS) is 22.8. The molecule has 0 radical (unpaired) electrons. The summed E-state index contributed by atoms with van der Waals surface area (Å²) in [5, 5.41) is 4.61. The minimum atomic E-state index is 0.105. The third kappa shape index (κ3) is 2.38. The smallest absolute Gasteiger partial charge is 0.0625 e. The lowest BCUT2D eigenvalue weighted by molar-refractivity contribution is 0.525. The van der Waals surface area contributed by atoms with Gasteiger partial charge in [-0.3, -0.25) is 4.68 Å². The van der Waals surface area contributed by atoms with Crippen LogP contribution >= 0.6 is 0 Å². The van der Waals surface area contributed by atoms with E-state index in [0.29, 0.717) is 11.8 Å². The van der Waals surface area contributed by atoms with E-state index in [1.165, 1.54) is 17.7 Å². The number of nitrogens with two attached hydrogens (primary N) is 1. The van der Waals surface area contributed by atoms with Gasteiger partial charge in [0.25, 0.3) is 0 Å². The van der Waals surface area contributed by atoms with Crippen LogP contribution in [0.4, 0.5) is 0 Å². The lowest BCUT2D eigenvalue weighted by Crippen LogP contribution is -2.18. The minimum absolute atomic E-state index is 0.105. The molecule has 20 heavy (non-hydrogen) atoms. The molecule has 0 spiro atoms. The van der Waals surface area contributed by atoms with Gasteiger partial charge in [0.05, 0.1) is 17.4 Å². The molecule has 2 N–H and O–H groups in total. The van der Waals surface area contributed by atoms with E-state index in [1.807, 2.05) is 0 Å². The van der Waals surface area contributed by atoms with Gasteiger partial charge < -0.3 is 5.73 Å². The zero-order chi connectivity index (χ0) is 14.1. The molecule has 1 aliphatic carbocycles. The van der Waals surface area contributed by atoms with Crippen molar-refractivity contribution in [1.82, 2.24) is 9.78 Å². The van der Waals surface area contributed by atoms with Gasteiger partial charge in [0.1, 0.15) is 0 Å². The predicted molar refractivity (Wildman–Crippen MR) is 81.5 cm³/mol. The Bertz CT molecular complexity index is 573. The van der Waals surface area contributed by atoms with Gasteiger partial charge in [-0.15, -0.1) is 0 Å². The molecule has 0 aliphatic heterocycles. The van der Waals surface area contributed by atoms with Gasteiger partial charge in [0.15, 0.2) is 0 Å². The summed E-state index contributed by atoms with van der Waals surface area (Å²) < 4.78 is 2.07. The molecule has 2 aromatic rings. The lowest BCUT2D eigenvalue weighted by Gasteiger charge is -2.13. The maximum atomic E-state index is 6.51. The van der Waals surface area contributed by atoms with Crippen molar-refractivity contribution in [3.8, 4) is 0 Å². The molecule has 3 heteroatoms. The summed E-state index contributed by atoms with van der Waals surface area (Å²) in [6.07, 6.45) is 2.17. The van der Waals surface area contributed by atoms with E-state index in [-0.39, 0.29) is 6.04 Å². The van der Waals surface area contributed by atoms with Crippen LogP contribution in [0.1, 0.15) is 49.2 Å². The highest BCUT2D eigenvalue weighted by Crippen LogP contribution is 2.53. The minimum Gasteiger partial charge on any atom is -0.322 e. The van der Waals surface area contributed by atoms with Crippen molar-refractivity contribution in [2.45, 2.75) is 45.2 Å². The third-order valence-corrected chi connectivity index (χ3v) is 4.39. The van der Waals surface area contributed by atoms with Gasteiger partial charge in [0.2, 0.25) is 0 Å². The average molecular weight is 269 g/mol. The van der Waals surface area contributed by atoms with Crippen LogP contribution in [0.5, 0.6) is 0 Å². The molecule has 1 aliphatic rings. The maximum absolute atomic E-state index is 6.51. The molecular formula is C17H23N3. The Morgan fingerprint density at radius 2 is 2.05 bits per heavy atom. The number of benzene rings is 1. The molecule has 0 amide bonds. The van der Waals surface area contributed by atoms with Crippen molar-refractivity contribution in [2.24, 2.45) is 11.7 Å². The van der Waals surface area contributed by atoms with E-state index < -0.39 is 0 Å². The average Bonchev–Trinajstić information content (AvgIpc) is 3.19. The molecule has 1 aromatic carbocycles. The fourth-order valence-corrected chi connectivity index (χ4v) is 3.10. The monoisotopic (exact) mass is 269 g/mol. The summed E-state index contributed by atoms with van der Waals surface area (Å²) in [7, 11) is 0. The Kier molecular flexibility index (Phi) is 3.62. The number of aryl methyl sites for hydroxylation is 2. The van der Waals surface area contributed by atoms with Crippen LogP contribution in [0.3, 0.4) is 0 Å². The second-order valence-electron chi connectivity index (χ2n) is 5.67. The fraction of sp³-hybridized carbons (Fsp3) is 0.471. The highest BCUT2D eigenvalue weighted by molar-refractivity contribution is 5.29. The van der Waals surface area contributed by atoms with Gasteiger partial charge >= 0.3 is 0 Å². The summed E-state index contributed by atoms with van der Waals surface area (Å²) in [6, 6.07) is 13.0. The van der Waals surface area contributed by atoms with Crippen molar-refractivity contribution in [2.75, 3.05) is 0 Å². The first kappa shape index (κ1) is 13.4. The first-order valence-corrected chi connectivity index (χ1v) is 7.61. The topological polar surface area (TPSA) is 43.8 Å². The van der Waals surface area contributed by atoms with Crippen LogP contribution in [-0.4, -0.2) is 9.78 Å². The lowest BCUT2D eigenvalue weighted by atomic mass is 10.0. The van der Waals surface area contributed by atoms with Gasteiger partial charge in [-0.2, -0.15) is 5.10 Å². The number of rotatable bonds is 5. The van der Waals surface area contributed by atoms with Crippen molar-refractivity contribution in [3.05, 3.63) is 53.3 Å². The Morgan fingerprint density at radius 3 is 2.70 bits per heavy atom. The number of nitrogens with zero attached hydrogens (tertiary/aromatic N) is 2. The van der Waals surface area contributed by atoms with E-state index in [4.69, 9.17) is 5.73 Å². The molecule has 1 fully saturated rings. The Hall–Kier alpha value is -1.61. The van der Waals surface area contributed by atoms with Crippen molar-refractivity contribution < 1.29 is 0 Å². The van der Waals surface area contributed by atoms with E-state index in [9.17, 15) is 0 Å². The van der Waals surface area contributed by atoms with Crippen LogP contribution in [0, 0.1) is 5.92 Å². The summed E-state index contributed by atoms with van der Waals surface area (Å²) in [4.78, 5) is 0. The van der Waals surface area contributed by atoms with Crippen LogP contribution < -0.4 is 5.73 Å². The summed E-state index contributed by atoms with van der Waals surface area (Å²) in [5.41, 5.74) is 10.3. The van der Waals surface area contributed by atoms with Crippen LogP contribution in [0.25, 0.3) is 0 Å². The SMILES string of the molecule is CCc1cc(C(N)C2CC2c2ccccc2)n(CC)n1. The van der Waals surface area contributed by atoms with Crippen LogP contribution in [0.15, 0.2) is 36.4 Å². The zero-order valence-electron chi connectivity index (χ0n) is 12.3. The number of hydrogen-bond acceptors (Lipinski definition) is 2. The second kappa shape index (κ2) is 5.41. The third-order valence-electron chi connectivity index (χ3n) is 4.39. The Labute approximate surface area is 120 Å². The maximum Gasteiger partial charge on any atom is 0.0625 e. The van der Waals surface area contributed by atoms with E-state index in [2.05, 4.69) is 60.0 Å². The molecule has 1 saturated carbocycles. The van der Waals surface area contributed by atoms with Gasteiger partial charge in [0, 0.05) is 6.54 Å². The van der Waals surface area contributed by atoms with Crippen LogP contribution in [0.2, 0.25) is 0 Å². The first-order valence-electron chi connectivity index (χ1n) is 7.61. The molecule has 3 atom stereocenters. The zero-order valence-corrected chi connectivity index (χ0v) is 12.3. The summed E-state index contributed by atoms with van der Waals surface area (Å²) in [6.45, 7) is 5.16. The molecule has 3 unspecified atom stereocenters. The molecule has 3 nitrogen and oxygen atoms in total. The second-order valence-corrected chi connectivity index (χ2v) is 5.67. The Balaban J connectivity index is 1.78. The molecule has 106 valence electrons. The molecule has 1 heterocycles. The van der Waals surface area contributed by atoms with Crippen molar-refractivity contribution >= 4 is 0 Å². The molecule has 3 rings (SSSR count). The van der Waals surface area contributed by atoms with Gasteiger partial charge in [-0.05, 0) is 43.2 Å². The largest absolute Gasteiger partial charge is 0.322 e. The molecular weight excluding hydrogens is 246 g/mol. The highest BCUT2D eigenvalue weighted by Gasteiger charge is 2.43.